The molecule has 1 saturated carbocycles. The van der Waals surface area contributed by atoms with Crippen LogP contribution < -0.4 is 0 Å². The third kappa shape index (κ3) is 7.40. The summed E-state index contributed by atoms with van der Waals surface area (Å²) in [5.74, 6) is -2.26. The molecule has 154 valence electrons. The maximum Gasteiger partial charge on any atom is 0.393 e. The van der Waals surface area contributed by atoms with Crippen LogP contribution in [0.3, 0.4) is 0 Å². The van der Waals surface area contributed by atoms with Gasteiger partial charge < -0.3 is 4.98 Å². The molecule has 1 heterocycles. The number of unbranched alkanes of at least 4 members (excludes halogenated alkanes) is 2. The Morgan fingerprint density at radius 1 is 1.32 bits per heavy atom. The second-order valence-corrected chi connectivity index (χ2v) is 6.81. The number of hydrogen-bond donors (Lipinski definition) is 1. The lowest BCUT2D eigenvalue weighted by Gasteiger charge is -2.33. The number of aromatic nitrogens is 2. The summed E-state index contributed by atoms with van der Waals surface area (Å²) in [6, 6.07) is 0. The minimum absolute atomic E-state index is 0.179. The van der Waals surface area contributed by atoms with E-state index >= 15 is 0 Å². The van der Waals surface area contributed by atoms with Crippen LogP contribution in [-0.2, 0) is 0 Å². The third-order valence-corrected chi connectivity index (χ3v) is 4.34. The summed E-state index contributed by atoms with van der Waals surface area (Å²) in [7, 11) is 0. The van der Waals surface area contributed by atoms with E-state index < -0.39 is 18.5 Å². The minimum atomic E-state index is -4.20. The highest BCUT2D eigenvalue weighted by molar-refractivity contribution is 5.72. The topological polar surface area (TPSA) is 41.0 Å². The van der Waals surface area contributed by atoms with Crippen LogP contribution in [0.15, 0.2) is 42.1 Å². The van der Waals surface area contributed by atoms with Crippen molar-refractivity contribution < 1.29 is 22.0 Å². The zero-order valence-electron chi connectivity index (χ0n) is 15.5. The van der Waals surface area contributed by atoms with E-state index in [0.717, 1.165) is 30.3 Å². The average molecular weight is 401 g/mol. The fraction of sp³-hybridized carbons (Fsp3) is 0.500. The Morgan fingerprint density at radius 2 is 2.07 bits per heavy atom. The molecule has 2 rings (SSSR count). The third-order valence-electron chi connectivity index (χ3n) is 4.34. The van der Waals surface area contributed by atoms with Gasteiger partial charge in [-0.3, -0.25) is 4.99 Å². The average Bonchev–Trinajstić information content (AvgIpc) is 3.05. The maximum absolute atomic E-state index is 13.0. The number of nitrogens with one attached hydrogen (secondary N) is 1. The van der Waals surface area contributed by atoms with Gasteiger partial charge in [0.15, 0.2) is 0 Å². The first-order chi connectivity index (χ1) is 13.2. The van der Waals surface area contributed by atoms with Crippen LogP contribution in [0, 0.1) is 0 Å². The van der Waals surface area contributed by atoms with Crippen molar-refractivity contribution in [3.63, 3.8) is 0 Å². The molecule has 0 spiro atoms. The van der Waals surface area contributed by atoms with Crippen molar-refractivity contribution in [1.82, 2.24) is 9.97 Å². The summed E-state index contributed by atoms with van der Waals surface area (Å²) >= 11 is 0. The molecule has 3 nitrogen and oxygen atoms in total. The second-order valence-electron chi connectivity index (χ2n) is 6.81. The first kappa shape index (κ1) is 22.0. The molecule has 1 aromatic rings. The van der Waals surface area contributed by atoms with Crippen LogP contribution >= 0.6 is 0 Å². The molecule has 0 aliphatic heterocycles. The maximum atomic E-state index is 13.0. The minimum Gasteiger partial charge on any atom is -0.342 e. The van der Waals surface area contributed by atoms with Crippen molar-refractivity contribution in [3.8, 4) is 0 Å². The number of allylic oxidation sites excluding steroid dienone is 5. The molecule has 1 aromatic heterocycles. The van der Waals surface area contributed by atoms with E-state index in [4.69, 9.17) is 0 Å². The van der Waals surface area contributed by atoms with Crippen molar-refractivity contribution in [3.05, 3.63) is 48.6 Å². The van der Waals surface area contributed by atoms with Gasteiger partial charge in [0.25, 0.3) is 0 Å². The molecule has 0 bridgehead atoms. The predicted octanol–water partition coefficient (Wildman–Crippen LogP) is 6.24. The second kappa shape index (κ2) is 9.80. The highest BCUT2D eigenvalue weighted by Crippen LogP contribution is 2.47. The fourth-order valence-corrected chi connectivity index (χ4v) is 2.84. The number of halogens is 5. The van der Waals surface area contributed by atoms with Gasteiger partial charge in [-0.05, 0) is 24.8 Å². The number of hydrogen-bond acceptors (Lipinski definition) is 2. The SMILES string of the molecule is C=C/C=C(\C=C/CCCC/N=C\CC(F)(F)F)c1cnc(C2CC(F)(F)C2)[nH]1. The molecular weight excluding hydrogens is 377 g/mol. The van der Waals surface area contributed by atoms with Crippen LogP contribution in [0.5, 0.6) is 0 Å². The standard InChI is InChI=1S/C20H24F5N3/c1-2-7-15(8-5-3-4-6-10-26-11-9-20(23,24)25)17-14-27-18(28-17)16-12-19(21,22)13-16/h2,5,7-8,11,14,16H,1,3-4,6,9-10,12-13H2,(H,27,28)/b8-5-,15-7+,26-11-. The van der Waals surface area contributed by atoms with Crippen LogP contribution in [0.4, 0.5) is 22.0 Å². The first-order valence-electron chi connectivity index (χ1n) is 9.17. The van der Waals surface area contributed by atoms with Crippen molar-refractivity contribution in [2.24, 2.45) is 4.99 Å². The highest BCUT2D eigenvalue weighted by atomic mass is 19.4. The van der Waals surface area contributed by atoms with Gasteiger partial charge in [-0.15, -0.1) is 0 Å². The van der Waals surface area contributed by atoms with Gasteiger partial charge in [-0.1, -0.05) is 30.9 Å². The number of rotatable bonds is 10. The van der Waals surface area contributed by atoms with Crippen molar-refractivity contribution >= 4 is 11.8 Å². The first-order valence-corrected chi connectivity index (χ1v) is 9.17. The quantitative estimate of drug-likeness (QED) is 0.214. The molecule has 1 aliphatic rings. The predicted molar refractivity (Wildman–Crippen MR) is 101 cm³/mol. The van der Waals surface area contributed by atoms with Gasteiger partial charge in [-0.2, -0.15) is 13.2 Å². The number of nitrogens with zero attached hydrogens (tertiary/aromatic N) is 2. The summed E-state index contributed by atoms with van der Waals surface area (Å²) in [6.45, 7) is 4.05. The molecule has 1 fully saturated rings. The smallest absolute Gasteiger partial charge is 0.342 e. The zero-order chi connectivity index (χ0) is 20.6. The molecule has 0 aromatic carbocycles. The van der Waals surface area contributed by atoms with Gasteiger partial charge in [0.2, 0.25) is 5.92 Å². The van der Waals surface area contributed by atoms with Gasteiger partial charge in [-0.25, -0.2) is 13.8 Å². The molecule has 1 aliphatic carbocycles. The Hall–Kier alpha value is -2.25. The number of aromatic amines is 1. The van der Waals surface area contributed by atoms with Gasteiger partial charge >= 0.3 is 6.18 Å². The lowest BCUT2D eigenvalue weighted by molar-refractivity contribution is -0.120. The van der Waals surface area contributed by atoms with Crippen molar-refractivity contribution in [2.75, 3.05) is 6.54 Å². The number of aliphatic imine (C=N–C) groups is 1. The van der Waals surface area contributed by atoms with Crippen LogP contribution in [0.25, 0.3) is 5.57 Å². The molecule has 28 heavy (non-hydrogen) atoms. The molecule has 0 saturated heterocycles. The number of H-pyrrole nitrogens is 1. The monoisotopic (exact) mass is 401 g/mol. The normalized spacial score (nSPS) is 18.1. The number of alkyl halides is 5. The molecule has 1 N–H and O–H groups in total. The molecule has 0 amide bonds. The van der Waals surface area contributed by atoms with Gasteiger partial charge in [0, 0.05) is 31.5 Å². The molecule has 8 heteroatoms. The van der Waals surface area contributed by atoms with Crippen molar-refractivity contribution in [1.29, 1.82) is 0 Å². The lowest BCUT2D eigenvalue weighted by Crippen LogP contribution is -2.34. The van der Waals surface area contributed by atoms with Crippen LogP contribution in [0.1, 0.15) is 56.0 Å². The molecule has 0 atom stereocenters. The van der Waals surface area contributed by atoms with Crippen molar-refractivity contribution in [2.45, 2.75) is 56.5 Å². The van der Waals surface area contributed by atoms with Crippen LogP contribution in [-0.4, -0.2) is 34.8 Å². The molecule has 0 radical (unpaired) electrons. The fourth-order valence-electron chi connectivity index (χ4n) is 2.84. The van der Waals surface area contributed by atoms with E-state index in [-0.39, 0.29) is 18.8 Å². The summed E-state index contributed by atoms with van der Waals surface area (Å²) in [5.41, 5.74) is 1.57. The summed E-state index contributed by atoms with van der Waals surface area (Å²) in [5, 5.41) is 0. The molecular formula is C20H24F5N3. The Balaban J connectivity index is 1.76. The van der Waals surface area contributed by atoms with Gasteiger partial charge in [0.1, 0.15) is 5.82 Å². The van der Waals surface area contributed by atoms with E-state index in [0.29, 0.717) is 18.8 Å². The van der Waals surface area contributed by atoms with E-state index in [1.165, 1.54) is 0 Å². The van der Waals surface area contributed by atoms with E-state index in [1.54, 1.807) is 18.3 Å². The van der Waals surface area contributed by atoms with E-state index in [9.17, 15) is 22.0 Å². The Morgan fingerprint density at radius 3 is 2.71 bits per heavy atom. The Labute approximate surface area is 161 Å². The Kier molecular flexibility index (Phi) is 7.71. The zero-order valence-corrected chi connectivity index (χ0v) is 15.5. The lowest BCUT2D eigenvalue weighted by atomic mass is 9.81. The molecule has 0 unspecified atom stereocenters. The largest absolute Gasteiger partial charge is 0.393 e. The summed E-state index contributed by atoms with van der Waals surface area (Å²) in [4.78, 5) is 11.1. The summed E-state index contributed by atoms with van der Waals surface area (Å²) < 4.78 is 61.9. The summed E-state index contributed by atoms with van der Waals surface area (Å²) in [6.07, 6.45) is 6.50. The highest BCUT2D eigenvalue weighted by Gasteiger charge is 2.47. The van der Waals surface area contributed by atoms with Gasteiger partial charge in [0.05, 0.1) is 18.3 Å². The van der Waals surface area contributed by atoms with E-state index in [2.05, 4.69) is 21.5 Å². The number of imidazole rings is 1. The Bertz CT molecular complexity index is 720. The van der Waals surface area contributed by atoms with Crippen LogP contribution in [0.2, 0.25) is 0 Å². The van der Waals surface area contributed by atoms with E-state index in [1.807, 2.05) is 12.2 Å².